The smallest absolute Gasteiger partial charge is 0.222 e. The molecule has 0 aliphatic carbocycles. The molecular formula is C13H25NO3. The van der Waals surface area contributed by atoms with Gasteiger partial charge >= 0.3 is 0 Å². The second-order valence-corrected chi connectivity index (χ2v) is 4.62. The highest BCUT2D eigenvalue weighted by molar-refractivity contribution is 5.76. The summed E-state index contributed by atoms with van der Waals surface area (Å²) in [6.45, 7) is 6.31. The van der Waals surface area contributed by atoms with Crippen LogP contribution in [0.15, 0.2) is 0 Å². The molecule has 0 aromatic heterocycles. The zero-order chi connectivity index (χ0) is 12.7. The average Bonchev–Trinajstić information content (AvgIpc) is 2.34. The molecule has 2 atom stereocenters. The molecule has 1 amide bonds. The van der Waals surface area contributed by atoms with E-state index < -0.39 is 0 Å². The van der Waals surface area contributed by atoms with Crippen molar-refractivity contribution in [2.75, 3.05) is 26.9 Å². The van der Waals surface area contributed by atoms with Gasteiger partial charge in [0.25, 0.3) is 0 Å². The lowest BCUT2D eigenvalue weighted by atomic mass is 10.00. The summed E-state index contributed by atoms with van der Waals surface area (Å²) < 4.78 is 10.6. The van der Waals surface area contributed by atoms with E-state index >= 15 is 0 Å². The number of hydrogen-bond donors (Lipinski definition) is 0. The molecule has 4 heteroatoms. The molecule has 0 radical (unpaired) electrons. The Bertz CT molecular complexity index is 233. The van der Waals surface area contributed by atoms with Gasteiger partial charge in [-0.05, 0) is 33.1 Å². The maximum absolute atomic E-state index is 12.0. The number of nitrogens with zero attached hydrogens (tertiary/aromatic N) is 1. The van der Waals surface area contributed by atoms with Crippen molar-refractivity contribution < 1.29 is 14.3 Å². The minimum atomic E-state index is 0.256. The summed E-state index contributed by atoms with van der Waals surface area (Å²) >= 11 is 0. The molecule has 1 heterocycles. The molecular weight excluding hydrogens is 218 g/mol. The summed E-state index contributed by atoms with van der Waals surface area (Å²) in [5.41, 5.74) is 0. The molecule has 17 heavy (non-hydrogen) atoms. The van der Waals surface area contributed by atoms with Crippen molar-refractivity contribution in [2.24, 2.45) is 0 Å². The summed E-state index contributed by atoms with van der Waals surface area (Å²) in [5.74, 6) is 0.256. The lowest BCUT2D eigenvalue weighted by molar-refractivity contribution is -0.136. The van der Waals surface area contributed by atoms with E-state index in [4.69, 9.17) is 9.47 Å². The van der Waals surface area contributed by atoms with Crippen LogP contribution >= 0.6 is 0 Å². The Kier molecular flexibility index (Phi) is 6.52. The Balaban J connectivity index is 2.27. The van der Waals surface area contributed by atoms with Gasteiger partial charge in [-0.3, -0.25) is 4.79 Å². The fraction of sp³-hybridized carbons (Fsp3) is 0.923. The Hall–Kier alpha value is -0.610. The van der Waals surface area contributed by atoms with Crippen LogP contribution in [0.2, 0.25) is 0 Å². The molecule has 2 unspecified atom stereocenters. The van der Waals surface area contributed by atoms with Crippen LogP contribution in [0.25, 0.3) is 0 Å². The molecule has 0 aromatic carbocycles. The number of methoxy groups -OCH3 is 1. The van der Waals surface area contributed by atoms with E-state index in [2.05, 4.69) is 6.92 Å². The van der Waals surface area contributed by atoms with Crippen molar-refractivity contribution in [1.29, 1.82) is 0 Å². The molecule has 0 spiro atoms. The van der Waals surface area contributed by atoms with Crippen LogP contribution in [0.5, 0.6) is 0 Å². The van der Waals surface area contributed by atoms with Crippen LogP contribution in [0, 0.1) is 0 Å². The predicted molar refractivity (Wildman–Crippen MR) is 66.9 cm³/mol. The number of likely N-dealkylation sites (tertiary alicyclic amines) is 1. The third-order valence-corrected chi connectivity index (χ3v) is 3.37. The van der Waals surface area contributed by atoms with Crippen molar-refractivity contribution in [3.05, 3.63) is 0 Å². The summed E-state index contributed by atoms with van der Waals surface area (Å²) in [6.07, 6.45) is 3.65. The van der Waals surface area contributed by atoms with Crippen molar-refractivity contribution in [3.8, 4) is 0 Å². The van der Waals surface area contributed by atoms with Gasteiger partial charge < -0.3 is 14.4 Å². The van der Waals surface area contributed by atoms with E-state index in [1.807, 2.05) is 11.8 Å². The Morgan fingerprint density at radius 3 is 2.82 bits per heavy atom. The normalized spacial score (nSPS) is 25.0. The first-order chi connectivity index (χ1) is 8.19. The summed E-state index contributed by atoms with van der Waals surface area (Å²) in [5, 5.41) is 0. The quantitative estimate of drug-likeness (QED) is 0.668. The van der Waals surface area contributed by atoms with Crippen molar-refractivity contribution in [3.63, 3.8) is 0 Å². The molecule has 1 aliphatic rings. The largest absolute Gasteiger partial charge is 0.382 e. The first kappa shape index (κ1) is 14.5. The number of amides is 1. The van der Waals surface area contributed by atoms with E-state index in [-0.39, 0.29) is 5.91 Å². The highest BCUT2D eigenvalue weighted by atomic mass is 16.5. The molecule has 1 fully saturated rings. The number of carbonyl (C=O) groups is 1. The first-order valence-electron chi connectivity index (χ1n) is 6.59. The van der Waals surface area contributed by atoms with Gasteiger partial charge in [0.1, 0.15) is 0 Å². The molecule has 1 aliphatic heterocycles. The maximum Gasteiger partial charge on any atom is 0.222 e. The van der Waals surface area contributed by atoms with Crippen molar-refractivity contribution in [1.82, 2.24) is 4.90 Å². The van der Waals surface area contributed by atoms with Gasteiger partial charge in [0, 0.05) is 39.3 Å². The SMILES string of the molecule is CCOCCCC(=O)N1CCC(OC)CC1C. The third-order valence-electron chi connectivity index (χ3n) is 3.37. The molecule has 4 nitrogen and oxygen atoms in total. The van der Waals surface area contributed by atoms with Crippen LogP contribution in [-0.2, 0) is 14.3 Å². The fourth-order valence-corrected chi connectivity index (χ4v) is 2.33. The van der Waals surface area contributed by atoms with Gasteiger partial charge in [0.05, 0.1) is 6.10 Å². The van der Waals surface area contributed by atoms with E-state index in [0.29, 0.717) is 25.2 Å². The number of rotatable bonds is 6. The van der Waals surface area contributed by atoms with Crippen molar-refractivity contribution >= 4 is 5.91 Å². The Labute approximate surface area is 104 Å². The second-order valence-electron chi connectivity index (χ2n) is 4.62. The summed E-state index contributed by atoms with van der Waals surface area (Å²) in [4.78, 5) is 14.0. The van der Waals surface area contributed by atoms with Gasteiger partial charge in [-0.2, -0.15) is 0 Å². The van der Waals surface area contributed by atoms with Crippen LogP contribution in [0.4, 0.5) is 0 Å². The van der Waals surface area contributed by atoms with E-state index in [9.17, 15) is 4.79 Å². The Morgan fingerprint density at radius 1 is 1.47 bits per heavy atom. The molecule has 0 bridgehead atoms. The second kappa shape index (κ2) is 7.67. The van der Waals surface area contributed by atoms with E-state index in [1.165, 1.54) is 0 Å². The monoisotopic (exact) mass is 243 g/mol. The molecule has 0 aromatic rings. The van der Waals surface area contributed by atoms with E-state index in [0.717, 1.165) is 32.4 Å². The predicted octanol–water partition coefficient (Wildman–Crippen LogP) is 1.83. The minimum Gasteiger partial charge on any atom is -0.382 e. The standard InChI is InChI=1S/C13H25NO3/c1-4-17-9-5-6-13(15)14-8-7-12(16-3)10-11(14)2/h11-12H,4-10H2,1-3H3. The van der Waals surface area contributed by atoms with Crippen LogP contribution in [-0.4, -0.2) is 49.8 Å². The maximum atomic E-state index is 12.0. The van der Waals surface area contributed by atoms with Crippen LogP contribution in [0.1, 0.15) is 39.5 Å². The number of piperidine rings is 1. The molecule has 100 valence electrons. The van der Waals surface area contributed by atoms with E-state index in [1.54, 1.807) is 7.11 Å². The lowest BCUT2D eigenvalue weighted by Gasteiger charge is -2.37. The number of hydrogen-bond acceptors (Lipinski definition) is 3. The zero-order valence-electron chi connectivity index (χ0n) is 11.3. The first-order valence-corrected chi connectivity index (χ1v) is 6.59. The van der Waals surface area contributed by atoms with Gasteiger partial charge in [0.15, 0.2) is 0 Å². The zero-order valence-corrected chi connectivity index (χ0v) is 11.3. The highest BCUT2D eigenvalue weighted by Crippen LogP contribution is 2.20. The molecule has 1 saturated heterocycles. The molecule has 1 rings (SSSR count). The van der Waals surface area contributed by atoms with Crippen LogP contribution < -0.4 is 0 Å². The highest BCUT2D eigenvalue weighted by Gasteiger charge is 2.28. The van der Waals surface area contributed by atoms with Gasteiger partial charge in [-0.25, -0.2) is 0 Å². The molecule has 0 saturated carbocycles. The average molecular weight is 243 g/mol. The minimum absolute atomic E-state index is 0.256. The van der Waals surface area contributed by atoms with Crippen molar-refractivity contribution in [2.45, 2.75) is 51.7 Å². The molecule has 0 N–H and O–H groups in total. The third kappa shape index (κ3) is 4.64. The van der Waals surface area contributed by atoms with Gasteiger partial charge in [-0.15, -0.1) is 0 Å². The van der Waals surface area contributed by atoms with Crippen LogP contribution in [0.3, 0.4) is 0 Å². The number of ether oxygens (including phenoxy) is 2. The lowest BCUT2D eigenvalue weighted by Crippen LogP contribution is -2.46. The Morgan fingerprint density at radius 2 is 2.24 bits per heavy atom. The topological polar surface area (TPSA) is 38.8 Å². The number of carbonyl (C=O) groups excluding carboxylic acids is 1. The fourth-order valence-electron chi connectivity index (χ4n) is 2.33. The van der Waals surface area contributed by atoms with Gasteiger partial charge in [-0.1, -0.05) is 0 Å². The summed E-state index contributed by atoms with van der Waals surface area (Å²) in [6, 6.07) is 0.299. The van der Waals surface area contributed by atoms with Gasteiger partial charge in [0.2, 0.25) is 5.91 Å². The summed E-state index contributed by atoms with van der Waals surface area (Å²) in [7, 11) is 1.75.